The first-order valence-electron chi connectivity index (χ1n) is 9.69. The summed E-state index contributed by atoms with van der Waals surface area (Å²) in [5.41, 5.74) is -0.502. The number of morpholine rings is 1. The van der Waals surface area contributed by atoms with E-state index < -0.39 is 30.3 Å². The average molecular weight is 472 g/mol. The van der Waals surface area contributed by atoms with Gasteiger partial charge in [-0.2, -0.15) is 8.42 Å². The molecule has 0 bridgehead atoms. The Morgan fingerprint density at radius 2 is 1.81 bits per heavy atom. The monoisotopic (exact) mass is 471 g/mol. The summed E-state index contributed by atoms with van der Waals surface area (Å²) >= 11 is 0. The molecule has 170 valence electrons. The van der Waals surface area contributed by atoms with Gasteiger partial charge < -0.3 is 24.1 Å². The molecule has 1 atom stereocenters. The molecule has 0 spiro atoms. The van der Waals surface area contributed by atoms with E-state index in [9.17, 15) is 16.8 Å². The molecule has 0 amide bonds. The van der Waals surface area contributed by atoms with E-state index in [1.807, 2.05) is 0 Å². The number of nitrogens with one attached hydrogen (secondary N) is 1. The predicted molar refractivity (Wildman–Crippen MR) is 112 cm³/mol. The number of hydrogen-bond acceptors (Lipinski definition) is 9. The Morgan fingerprint density at radius 3 is 2.48 bits per heavy atom. The summed E-state index contributed by atoms with van der Waals surface area (Å²) in [5.74, 6) is 0.364. The van der Waals surface area contributed by atoms with Gasteiger partial charge in [-0.15, -0.1) is 0 Å². The summed E-state index contributed by atoms with van der Waals surface area (Å²) < 4.78 is 68.2. The maximum atomic E-state index is 13.0. The molecule has 0 aromatic heterocycles. The second-order valence-electron chi connectivity index (χ2n) is 6.94. The van der Waals surface area contributed by atoms with Crippen LogP contribution in [0, 0.1) is 6.92 Å². The highest BCUT2D eigenvalue weighted by Gasteiger charge is 2.35. The van der Waals surface area contributed by atoms with E-state index in [-0.39, 0.29) is 37.0 Å². The van der Waals surface area contributed by atoms with Crippen LogP contribution in [0.4, 0.5) is 0 Å². The standard InChI is InChI=1S/C20H25NO8S2/c1-15-11-16(27-9-4-8-22)13-17(12-15)29-31(25,26)19-6-3-2-5-18(19)30(23,24)20-14-21-7-10-28-20/h2-3,5-6,11-13,20-22H,4,7-10,14H2,1H3. The van der Waals surface area contributed by atoms with E-state index in [0.717, 1.165) is 0 Å². The zero-order valence-corrected chi connectivity index (χ0v) is 18.6. The van der Waals surface area contributed by atoms with Crippen molar-refractivity contribution in [2.75, 3.05) is 32.9 Å². The van der Waals surface area contributed by atoms with Crippen LogP contribution < -0.4 is 14.2 Å². The molecule has 31 heavy (non-hydrogen) atoms. The minimum atomic E-state index is -4.48. The zero-order valence-electron chi connectivity index (χ0n) is 17.0. The summed E-state index contributed by atoms with van der Waals surface area (Å²) in [6.07, 6.45) is 0.422. The van der Waals surface area contributed by atoms with Crippen molar-refractivity contribution in [3.05, 3.63) is 48.0 Å². The Kier molecular flexibility index (Phi) is 7.55. The largest absolute Gasteiger partial charge is 0.493 e. The van der Waals surface area contributed by atoms with Gasteiger partial charge in [-0.3, -0.25) is 0 Å². The molecule has 0 radical (unpaired) electrons. The van der Waals surface area contributed by atoms with E-state index in [1.54, 1.807) is 13.0 Å². The minimum absolute atomic E-state index is 0.0122. The van der Waals surface area contributed by atoms with Crippen molar-refractivity contribution in [2.24, 2.45) is 0 Å². The van der Waals surface area contributed by atoms with Crippen molar-refractivity contribution in [3.8, 4) is 11.5 Å². The first-order valence-corrected chi connectivity index (χ1v) is 12.6. The quantitative estimate of drug-likeness (QED) is 0.410. The van der Waals surface area contributed by atoms with Crippen molar-refractivity contribution >= 4 is 20.0 Å². The molecule has 3 rings (SSSR count). The molecule has 1 unspecified atom stereocenters. The van der Waals surface area contributed by atoms with Crippen LogP contribution in [0.1, 0.15) is 12.0 Å². The van der Waals surface area contributed by atoms with Gasteiger partial charge in [0.2, 0.25) is 9.84 Å². The van der Waals surface area contributed by atoms with Gasteiger partial charge in [0.05, 0.1) is 18.1 Å². The number of aryl methyl sites for hydroxylation is 1. The highest BCUT2D eigenvalue weighted by Crippen LogP contribution is 2.30. The fourth-order valence-electron chi connectivity index (χ4n) is 3.05. The first-order chi connectivity index (χ1) is 14.7. The second-order valence-corrected chi connectivity index (χ2v) is 10.5. The molecule has 0 aliphatic carbocycles. The molecule has 2 aromatic rings. The van der Waals surface area contributed by atoms with Crippen LogP contribution in [0.5, 0.6) is 11.5 Å². The molecule has 9 nitrogen and oxygen atoms in total. The van der Waals surface area contributed by atoms with Gasteiger partial charge in [-0.05, 0) is 36.8 Å². The third-order valence-corrected chi connectivity index (χ3v) is 7.87. The van der Waals surface area contributed by atoms with Crippen molar-refractivity contribution in [1.82, 2.24) is 5.32 Å². The smallest absolute Gasteiger partial charge is 0.340 e. The van der Waals surface area contributed by atoms with Crippen LogP contribution in [0.25, 0.3) is 0 Å². The number of aliphatic hydroxyl groups is 1. The summed E-state index contributed by atoms with van der Waals surface area (Å²) in [4.78, 5) is -0.843. The van der Waals surface area contributed by atoms with Gasteiger partial charge in [-0.1, -0.05) is 12.1 Å². The maximum absolute atomic E-state index is 13.0. The minimum Gasteiger partial charge on any atom is -0.493 e. The Morgan fingerprint density at radius 1 is 1.10 bits per heavy atom. The SMILES string of the molecule is Cc1cc(OCCCO)cc(OS(=O)(=O)c2ccccc2S(=O)(=O)C2CNCCO2)c1. The molecule has 1 aliphatic heterocycles. The molecule has 1 saturated heterocycles. The van der Waals surface area contributed by atoms with Gasteiger partial charge in [0.15, 0.2) is 5.44 Å². The molecular weight excluding hydrogens is 446 g/mol. The average Bonchev–Trinajstić information content (AvgIpc) is 2.74. The highest BCUT2D eigenvalue weighted by atomic mass is 32.2. The van der Waals surface area contributed by atoms with E-state index in [4.69, 9.17) is 18.8 Å². The van der Waals surface area contributed by atoms with E-state index >= 15 is 0 Å². The predicted octanol–water partition coefficient (Wildman–Crippen LogP) is 1.24. The van der Waals surface area contributed by atoms with E-state index in [1.165, 1.54) is 36.4 Å². The number of rotatable bonds is 9. The molecule has 1 fully saturated rings. The van der Waals surface area contributed by atoms with Gasteiger partial charge in [-0.25, -0.2) is 8.42 Å². The fourth-order valence-corrected chi connectivity index (χ4v) is 6.21. The molecule has 0 saturated carbocycles. The van der Waals surface area contributed by atoms with Crippen molar-refractivity contribution < 1.29 is 35.6 Å². The summed E-state index contributed by atoms with van der Waals surface area (Å²) in [6.45, 7) is 2.74. The van der Waals surface area contributed by atoms with Crippen molar-refractivity contribution in [2.45, 2.75) is 28.6 Å². The Hall–Kier alpha value is -2.18. The lowest BCUT2D eigenvalue weighted by atomic mass is 10.2. The lowest BCUT2D eigenvalue weighted by Crippen LogP contribution is -2.43. The fraction of sp³-hybridized carbons (Fsp3) is 0.400. The normalized spacial score (nSPS) is 17.3. The highest BCUT2D eigenvalue weighted by molar-refractivity contribution is 7.93. The molecule has 2 N–H and O–H groups in total. The number of benzene rings is 2. The number of hydrogen-bond donors (Lipinski definition) is 2. The van der Waals surface area contributed by atoms with Gasteiger partial charge >= 0.3 is 10.1 Å². The second kappa shape index (κ2) is 9.96. The van der Waals surface area contributed by atoms with E-state index in [2.05, 4.69) is 5.32 Å². The molecule has 1 aliphatic rings. The van der Waals surface area contributed by atoms with Crippen LogP contribution in [0.15, 0.2) is 52.3 Å². The lowest BCUT2D eigenvalue weighted by molar-refractivity contribution is 0.0784. The van der Waals surface area contributed by atoms with Gasteiger partial charge in [0, 0.05) is 32.2 Å². The lowest BCUT2D eigenvalue weighted by Gasteiger charge is -2.24. The topological polar surface area (TPSA) is 128 Å². The Bertz CT molecular complexity index is 1110. The first kappa shape index (κ1) is 23.5. The molecular formula is C20H25NO8S2. The molecule has 2 aromatic carbocycles. The van der Waals surface area contributed by atoms with Crippen LogP contribution in [-0.4, -0.2) is 60.3 Å². The Balaban J connectivity index is 1.92. The van der Waals surface area contributed by atoms with E-state index in [0.29, 0.717) is 24.3 Å². The van der Waals surface area contributed by atoms with Crippen LogP contribution >= 0.6 is 0 Å². The van der Waals surface area contributed by atoms with Crippen LogP contribution in [0.2, 0.25) is 0 Å². The van der Waals surface area contributed by atoms with Gasteiger partial charge in [0.1, 0.15) is 16.4 Å². The number of aliphatic hydroxyl groups excluding tert-OH is 1. The number of sulfone groups is 1. The maximum Gasteiger partial charge on any atom is 0.340 e. The van der Waals surface area contributed by atoms with Crippen molar-refractivity contribution in [1.29, 1.82) is 0 Å². The van der Waals surface area contributed by atoms with Crippen LogP contribution in [0.3, 0.4) is 0 Å². The van der Waals surface area contributed by atoms with Gasteiger partial charge in [0.25, 0.3) is 0 Å². The van der Waals surface area contributed by atoms with Crippen LogP contribution in [-0.2, 0) is 24.7 Å². The third-order valence-electron chi connectivity index (χ3n) is 4.47. The molecule has 1 heterocycles. The molecule has 11 heteroatoms. The summed E-state index contributed by atoms with van der Waals surface area (Å²) in [5, 5.41) is 11.8. The zero-order chi connectivity index (χ0) is 22.5. The Labute approximate surface area is 182 Å². The summed E-state index contributed by atoms with van der Waals surface area (Å²) in [7, 11) is -8.57. The summed E-state index contributed by atoms with van der Waals surface area (Å²) in [6, 6.07) is 9.88. The number of ether oxygens (including phenoxy) is 2. The van der Waals surface area contributed by atoms with Crippen molar-refractivity contribution in [3.63, 3.8) is 0 Å². The third kappa shape index (κ3) is 5.74.